The first kappa shape index (κ1) is 13.8. The molecular formula is C14H19N3OS. The molecule has 0 fully saturated rings. The van der Waals surface area contributed by atoms with E-state index in [4.69, 9.17) is 5.73 Å². The molecule has 102 valence electrons. The van der Waals surface area contributed by atoms with E-state index in [1.165, 1.54) is 11.3 Å². The lowest BCUT2D eigenvalue weighted by molar-refractivity contribution is 0.1000. The smallest absolute Gasteiger partial charge is 0.251 e. The molecule has 0 aliphatic heterocycles. The number of nitrogens with two attached hydrogens (primary N) is 1. The van der Waals surface area contributed by atoms with Crippen LogP contribution in [-0.2, 0) is 6.54 Å². The van der Waals surface area contributed by atoms with Gasteiger partial charge in [-0.3, -0.25) is 4.79 Å². The van der Waals surface area contributed by atoms with Crippen LogP contribution >= 0.6 is 11.3 Å². The molecular weight excluding hydrogens is 258 g/mol. The Morgan fingerprint density at radius 1 is 1.42 bits per heavy atom. The van der Waals surface area contributed by atoms with Crippen molar-refractivity contribution in [2.75, 3.05) is 0 Å². The summed E-state index contributed by atoms with van der Waals surface area (Å²) in [6.45, 7) is 7.07. The molecule has 0 atom stereocenters. The molecule has 0 saturated heterocycles. The van der Waals surface area contributed by atoms with Gasteiger partial charge in [-0.2, -0.15) is 0 Å². The van der Waals surface area contributed by atoms with Gasteiger partial charge in [0.1, 0.15) is 5.01 Å². The van der Waals surface area contributed by atoms with Crippen LogP contribution in [0.5, 0.6) is 0 Å². The van der Waals surface area contributed by atoms with Crippen LogP contribution in [-0.4, -0.2) is 15.5 Å². The van der Waals surface area contributed by atoms with Crippen LogP contribution in [0.4, 0.5) is 0 Å². The average Bonchev–Trinajstić information content (AvgIpc) is 2.95. The van der Waals surface area contributed by atoms with Gasteiger partial charge in [0.2, 0.25) is 0 Å². The second-order valence-corrected chi connectivity index (χ2v) is 5.52. The van der Waals surface area contributed by atoms with Gasteiger partial charge in [-0.1, -0.05) is 13.3 Å². The third kappa shape index (κ3) is 2.42. The molecule has 2 N–H and O–H groups in total. The molecule has 0 radical (unpaired) electrons. The van der Waals surface area contributed by atoms with E-state index in [9.17, 15) is 4.79 Å². The lowest BCUT2D eigenvalue weighted by Gasteiger charge is -2.08. The van der Waals surface area contributed by atoms with Crippen LogP contribution in [0.3, 0.4) is 0 Å². The molecule has 0 saturated carbocycles. The van der Waals surface area contributed by atoms with Crippen LogP contribution in [0, 0.1) is 13.8 Å². The lowest BCUT2D eigenvalue weighted by Crippen LogP contribution is -2.13. The summed E-state index contributed by atoms with van der Waals surface area (Å²) in [6, 6.07) is 0. The standard InChI is InChI=1S/C14H19N3OS/c1-4-5-7-17-9(2)11(13(15)18)12(10(17)3)14-16-6-8-19-14/h6,8H,4-5,7H2,1-3H3,(H2,15,18). The number of nitrogens with zero attached hydrogens (tertiary/aromatic N) is 2. The van der Waals surface area contributed by atoms with E-state index in [-0.39, 0.29) is 5.91 Å². The normalized spacial score (nSPS) is 10.9. The molecule has 2 heterocycles. The number of aromatic nitrogens is 2. The molecule has 1 amide bonds. The Morgan fingerprint density at radius 3 is 2.68 bits per heavy atom. The van der Waals surface area contributed by atoms with Crippen LogP contribution in [0.2, 0.25) is 0 Å². The van der Waals surface area contributed by atoms with Crippen LogP contribution in [0.1, 0.15) is 41.5 Å². The zero-order valence-electron chi connectivity index (χ0n) is 11.6. The van der Waals surface area contributed by atoms with Crippen molar-refractivity contribution in [1.82, 2.24) is 9.55 Å². The minimum absolute atomic E-state index is 0.374. The second kappa shape index (κ2) is 5.57. The molecule has 0 aromatic carbocycles. The number of rotatable bonds is 5. The Balaban J connectivity index is 2.61. The van der Waals surface area contributed by atoms with Crippen molar-refractivity contribution in [2.45, 2.75) is 40.2 Å². The largest absolute Gasteiger partial charge is 0.366 e. The third-order valence-electron chi connectivity index (χ3n) is 3.41. The fourth-order valence-corrected chi connectivity index (χ4v) is 3.18. The summed E-state index contributed by atoms with van der Waals surface area (Å²) < 4.78 is 2.18. The monoisotopic (exact) mass is 277 g/mol. The van der Waals surface area contributed by atoms with Gasteiger partial charge < -0.3 is 10.3 Å². The van der Waals surface area contributed by atoms with Gasteiger partial charge in [0.15, 0.2) is 0 Å². The van der Waals surface area contributed by atoms with Gasteiger partial charge in [0.25, 0.3) is 5.91 Å². The van der Waals surface area contributed by atoms with Crippen molar-refractivity contribution < 1.29 is 4.79 Å². The van der Waals surface area contributed by atoms with Gasteiger partial charge in [0.05, 0.1) is 5.56 Å². The molecule has 19 heavy (non-hydrogen) atoms. The number of carbonyl (C=O) groups is 1. The first-order valence-electron chi connectivity index (χ1n) is 6.47. The number of hydrogen-bond acceptors (Lipinski definition) is 3. The predicted octanol–water partition coefficient (Wildman–Crippen LogP) is 3.13. The van der Waals surface area contributed by atoms with Crippen LogP contribution in [0.25, 0.3) is 10.6 Å². The molecule has 2 aromatic rings. The summed E-state index contributed by atoms with van der Waals surface area (Å²) >= 11 is 1.54. The van der Waals surface area contributed by atoms with Gasteiger partial charge in [-0.15, -0.1) is 11.3 Å². The highest BCUT2D eigenvalue weighted by Crippen LogP contribution is 2.33. The number of hydrogen-bond donors (Lipinski definition) is 1. The first-order valence-corrected chi connectivity index (χ1v) is 7.35. The maximum atomic E-state index is 11.8. The molecule has 5 heteroatoms. The highest BCUT2D eigenvalue weighted by Gasteiger charge is 2.23. The Kier molecular flexibility index (Phi) is 4.04. The lowest BCUT2D eigenvalue weighted by atomic mass is 10.1. The third-order valence-corrected chi connectivity index (χ3v) is 4.20. The Hall–Kier alpha value is -1.62. The van der Waals surface area contributed by atoms with Crippen molar-refractivity contribution in [3.8, 4) is 10.6 Å². The number of amides is 1. The van der Waals surface area contributed by atoms with Gasteiger partial charge in [-0.05, 0) is 20.3 Å². The van der Waals surface area contributed by atoms with E-state index < -0.39 is 0 Å². The minimum atomic E-state index is -0.374. The maximum absolute atomic E-state index is 11.8. The molecule has 0 aliphatic carbocycles. The molecule has 0 bridgehead atoms. The Labute approximate surface area is 117 Å². The highest BCUT2D eigenvalue weighted by atomic mass is 32.1. The van der Waals surface area contributed by atoms with Crippen molar-refractivity contribution in [3.63, 3.8) is 0 Å². The van der Waals surface area contributed by atoms with E-state index in [2.05, 4.69) is 16.5 Å². The summed E-state index contributed by atoms with van der Waals surface area (Å²) in [5.74, 6) is -0.374. The predicted molar refractivity (Wildman–Crippen MR) is 78.4 cm³/mol. The van der Waals surface area contributed by atoms with E-state index in [0.717, 1.165) is 41.3 Å². The van der Waals surface area contributed by atoms with E-state index in [0.29, 0.717) is 5.56 Å². The van der Waals surface area contributed by atoms with Crippen LogP contribution < -0.4 is 5.73 Å². The molecule has 2 aromatic heterocycles. The maximum Gasteiger partial charge on any atom is 0.251 e. The molecule has 0 aliphatic rings. The van der Waals surface area contributed by atoms with Gasteiger partial charge in [0, 0.05) is 35.1 Å². The van der Waals surface area contributed by atoms with Crippen molar-refractivity contribution >= 4 is 17.2 Å². The van der Waals surface area contributed by atoms with E-state index >= 15 is 0 Å². The SMILES string of the molecule is CCCCn1c(C)c(C(N)=O)c(-c2nccs2)c1C. The Bertz CT molecular complexity index is 584. The zero-order chi connectivity index (χ0) is 14.0. The summed E-state index contributed by atoms with van der Waals surface area (Å²) in [7, 11) is 0. The fourth-order valence-electron chi connectivity index (χ4n) is 2.45. The zero-order valence-corrected chi connectivity index (χ0v) is 12.4. The van der Waals surface area contributed by atoms with Crippen molar-refractivity contribution in [1.29, 1.82) is 0 Å². The minimum Gasteiger partial charge on any atom is -0.366 e. The molecule has 0 spiro atoms. The topological polar surface area (TPSA) is 60.9 Å². The van der Waals surface area contributed by atoms with Crippen molar-refractivity contribution in [2.24, 2.45) is 5.73 Å². The summed E-state index contributed by atoms with van der Waals surface area (Å²) in [4.78, 5) is 16.1. The average molecular weight is 277 g/mol. The van der Waals surface area contributed by atoms with Crippen LogP contribution in [0.15, 0.2) is 11.6 Å². The Morgan fingerprint density at radius 2 is 2.16 bits per heavy atom. The number of unbranched alkanes of at least 4 members (excludes halogenated alkanes) is 1. The molecule has 2 rings (SSSR count). The first-order chi connectivity index (χ1) is 9.07. The summed E-state index contributed by atoms with van der Waals surface area (Å²) in [5.41, 5.74) is 9.10. The van der Waals surface area contributed by atoms with Crippen molar-refractivity contribution in [3.05, 3.63) is 28.5 Å². The van der Waals surface area contributed by atoms with E-state index in [1.54, 1.807) is 6.20 Å². The second-order valence-electron chi connectivity index (χ2n) is 4.63. The fraction of sp³-hybridized carbons (Fsp3) is 0.429. The quantitative estimate of drug-likeness (QED) is 0.912. The van der Waals surface area contributed by atoms with E-state index in [1.807, 2.05) is 19.2 Å². The highest BCUT2D eigenvalue weighted by molar-refractivity contribution is 7.13. The molecule has 0 unspecified atom stereocenters. The number of thiazole rings is 1. The number of primary amides is 1. The summed E-state index contributed by atoms with van der Waals surface area (Å²) in [5, 5.41) is 2.78. The van der Waals surface area contributed by atoms with Gasteiger partial charge in [-0.25, -0.2) is 4.98 Å². The summed E-state index contributed by atoms with van der Waals surface area (Å²) in [6.07, 6.45) is 3.96. The van der Waals surface area contributed by atoms with Gasteiger partial charge >= 0.3 is 0 Å². The molecule has 4 nitrogen and oxygen atoms in total. The number of carbonyl (C=O) groups excluding carboxylic acids is 1.